The number of hydrogen-bond donors (Lipinski definition) is 1. The number of ether oxygens (including phenoxy) is 1. The van der Waals surface area contributed by atoms with Gasteiger partial charge in [-0.3, -0.25) is 9.67 Å². The van der Waals surface area contributed by atoms with Crippen LogP contribution in [0.4, 0.5) is 11.6 Å². The summed E-state index contributed by atoms with van der Waals surface area (Å²) in [5, 5.41) is 13.3. The van der Waals surface area contributed by atoms with Crippen LogP contribution in [0.2, 0.25) is 0 Å². The molecule has 1 N–H and O–H groups in total. The number of aryl methyl sites for hydroxylation is 3. The Labute approximate surface area is 174 Å². The van der Waals surface area contributed by atoms with Gasteiger partial charge in [0.05, 0.1) is 28.5 Å². The molecule has 1 aliphatic heterocycles. The molecule has 0 aromatic carbocycles. The fourth-order valence-corrected chi connectivity index (χ4v) is 3.85. The molecule has 0 saturated carbocycles. The quantitative estimate of drug-likeness (QED) is 0.557. The number of nitrogens with zero attached hydrogens (tertiary/aromatic N) is 7. The van der Waals surface area contributed by atoms with Crippen LogP contribution in [-0.2, 0) is 11.8 Å². The van der Waals surface area contributed by atoms with Gasteiger partial charge in [0.25, 0.3) is 0 Å². The van der Waals surface area contributed by atoms with Crippen LogP contribution >= 0.6 is 0 Å². The molecule has 0 unspecified atom stereocenters. The molecule has 0 radical (unpaired) electrons. The summed E-state index contributed by atoms with van der Waals surface area (Å²) in [6.45, 7) is 5.53. The van der Waals surface area contributed by atoms with Crippen LogP contribution in [0.5, 0.6) is 0 Å². The second kappa shape index (κ2) is 7.49. The molecule has 0 atom stereocenters. The van der Waals surface area contributed by atoms with Gasteiger partial charge in [-0.2, -0.15) is 15.2 Å². The average molecular weight is 404 g/mol. The molecule has 0 spiro atoms. The summed E-state index contributed by atoms with van der Waals surface area (Å²) < 4.78 is 9.35. The van der Waals surface area contributed by atoms with E-state index in [1.807, 2.05) is 50.1 Å². The number of fused-ring (bicyclic) bond motifs is 1. The Morgan fingerprint density at radius 3 is 2.73 bits per heavy atom. The molecule has 5 heterocycles. The first kappa shape index (κ1) is 18.7. The summed E-state index contributed by atoms with van der Waals surface area (Å²) in [4.78, 5) is 13.9. The number of aromatic nitrogens is 7. The third-order valence-electron chi connectivity index (χ3n) is 5.60. The molecule has 154 valence electrons. The maximum absolute atomic E-state index is 5.51. The highest BCUT2D eigenvalue weighted by atomic mass is 16.5. The van der Waals surface area contributed by atoms with Gasteiger partial charge in [0.15, 0.2) is 5.65 Å². The van der Waals surface area contributed by atoms with E-state index in [2.05, 4.69) is 20.4 Å². The molecule has 5 rings (SSSR count). The fourth-order valence-electron chi connectivity index (χ4n) is 3.85. The zero-order valence-corrected chi connectivity index (χ0v) is 17.3. The van der Waals surface area contributed by atoms with E-state index in [0.717, 1.165) is 65.4 Å². The molecule has 30 heavy (non-hydrogen) atoms. The van der Waals surface area contributed by atoms with E-state index in [9.17, 15) is 0 Å². The van der Waals surface area contributed by atoms with Crippen LogP contribution in [0.15, 0.2) is 30.7 Å². The largest absolute Gasteiger partial charge is 0.381 e. The normalized spacial score (nSPS) is 15.0. The minimum atomic E-state index is 0.303. The van der Waals surface area contributed by atoms with Crippen molar-refractivity contribution >= 4 is 22.7 Å². The predicted octanol–water partition coefficient (Wildman–Crippen LogP) is 3.33. The first-order valence-electron chi connectivity index (χ1n) is 10.1. The van der Waals surface area contributed by atoms with E-state index in [4.69, 9.17) is 14.8 Å². The topological polar surface area (TPSA) is 95.6 Å². The molecule has 1 fully saturated rings. The van der Waals surface area contributed by atoms with Crippen LogP contribution in [-0.4, -0.2) is 47.7 Å². The summed E-state index contributed by atoms with van der Waals surface area (Å²) in [5.74, 6) is 0.543. The van der Waals surface area contributed by atoms with E-state index >= 15 is 0 Å². The Morgan fingerprint density at radius 2 is 1.97 bits per heavy atom. The van der Waals surface area contributed by atoms with Gasteiger partial charge >= 0.3 is 0 Å². The zero-order valence-electron chi connectivity index (χ0n) is 17.3. The molecular formula is C21H24N8O. The lowest BCUT2D eigenvalue weighted by Crippen LogP contribution is -2.20. The Kier molecular flexibility index (Phi) is 4.66. The lowest BCUT2D eigenvalue weighted by atomic mass is 10.1. The molecule has 1 aliphatic rings. The summed E-state index contributed by atoms with van der Waals surface area (Å²) in [7, 11) is 1.90. The lowest BCUT2D eigenvalue weighted by molar-refractivity contribution is 0.0672. The van der Waals surface area contributed by atoms with Gasteiger partial charge in [0, 0.05) is 44.5 Å². The van der Waals surface area contributed by atoms with E-state index in [0.29, 0.717) is 12.0 Å². The van der Waals surface area contributed by atoms with Gasteiger partial charge in [0.2, 0.25) is 5.95 Å². The molecular weight excluding hydrogens is 380 g/mol. The van der Waals surface area contributed by atoms with Crippen molar-refractivity contribution in [2.45, 2.75) is 32.7 Å². The predicted molar refractivity (Wildman–Crippen MR) is 114 cm³/mol. The van der Waals surface area contributed by atoms with E-state index in [1.54, 1.807) is 10.9 Å². The number of anilines is 2. The SMILES string of the molecule is Cc1cnc(-c2ccnn2C)cc1Nc1ncc2c(C)nn(C3CCOCC3)c2n1. The van der Waals surface area contributed by atoms with Gasteiger partial charge in [0.1, 0.15) is 0 Å². The maximum atomic E-state index is 5.51. The molecule has 4 aromatic rings. The van der Waals surface area contributed by atoms with Gasteiger partial charge in [-0.25, -0.2) is 9.67 Å². The minimum absolute atomic E-state index is 0.303. The maximum Gasteiger partial charge on any atom is 0.229 e. The van der Waals surface area contributed by atoms with E-state index in [-0.39, 0.29) is 0 Å². The highest BCUT2D eigenvalue weighted by Gasteiger charge is 2.21. The van der Waals surface area contributed by atoms with Gasteiger partial charge < -0.3 is 10.1 Å². The van der Waals surface area contributed by atoms with Crippen molar-refractivity contribution < 1.29 is 4.74 Å². The average Bonchev–Trinajstić information content (AvgIpc) is 3.33. The lowest BCUT2D eigenvalue weighted by Gasteiger charge is -2.22. The molecule has 0 aliphatic carbocycles. The van der Waals surface area contributed by atoms with Crippen LogP contribution in [0.25, 0.3) is 22.4 Å². The Balaban J connectivity index is 1.51. The fraction of sp³-hybridized carbons (Fsp3) is 0.381. The monoisotopic (exact) mass is 404 g/mol. The van der Waals surface area contributed by atoms with Crippen molar-refractivity contribution in [2.75, 3.05) is 18.5 Å². The molecule has 9 heteroatoms. The molecule has 0 bridgehead atoms. The first-order valence-corrected chi connectivity index (χ1v) is 10.1. The zero-order chi connectivity index (χ0) is 20.7. The summed E-state index contributed by atoms with van der Waals surface area (Å²) >= 11 is 0. The third kappa shape index (κ3) is 3.30. The van der Waals surface area contributed by atoms with Crippen molar-refractivity contribution in [1.82, 2.24) is 34.5 Å². The van der Waals surface area contributed by atoms with Crippen molar-refractivity contribution in [3.8, 4) is 11.4 Å². The third-order valence-corrected chi connectivity index (χ3v) is 5.60. The number of nitrogens with one attached hydrogen (secondary N) is 1. The van der Waals surface area contributed by atoms with Crippen LogP contribution < -0.4 is 5.32 Å². The Hall–Kier alpha value is -3.33. The molecule has 4 aromatic heterocycles. The number of rotatable bonds is 4. The Bertz CT molecular complexity index is 1210. The first-order chi connectivity index (χ1) is 14.6. The Morgan fingerprint density at radius 1 is 1.13 bits per heavy atom. The molecule has 0 amide bonds. The second-order valence-electron chi connectivity index (χ2n) is 7.65. The number of hydrogen-bond acceptors (Lipinski definition) is 7. The highest BCUT2D eigenvalue weighted by Crippen LogP contribution is 2.28. The second-order valence-corrected chi connectivity index (χ2v) is 7.65. The van der Waals surface area contributed by atoms with Crippen molar-refractivity contribution in [2.24, 2.45) is 7.05 Å². The van der Waals surface area contributed by atoms with Crippen molar-refractivity contribution in [3.63, 3.8) is 0 Å². The molecule has 1 saturated heterocycles. The van der Waals surface area contributed by atoms with E-state index < -0.39 is 0 Å². The van der Waals surface area contributed by atoms with Crippen LogP contribution in [0.1, 0.15) is 30.1 Å². The van der Waals surface area contributed by atoms with Gasteiger partial charge in [-0.05, 0) is 44.4 Å². The van der Waals surface area contributed by atoms with Crippen LogP contribution in [0, 0.1) is 13.8 Å². The standard InChI is InChI=1S/C21H24N8O/c1-13-11-22-18(19-4-7-24-28(19)3)10-17(13)25-21-23-12-16-14(2)27-29(20(16)26-21)15-5-8-30-9-6-15/h4,7,10-12,15H,5-6,8-9H2,1-3H3,(H,22,23,25,26). The van der Waals surface area contributed by atoms with Crippen LogP contribution in [0.3, 0.4) is 0 Å². The summed E-state index contributed by atoms with van der Waals surface area (Å²) in [6, 6.07) is 4.25. The summed E-state index contributed by atoms with van der Waals surface area (Å²) in [6.07, 6.45) is 7.35. The molecule has 9 nitrogen and oxygen atoms in total. The van der Waals surface area contributed by atoms with Crippen molar-refractivity contribution in [3.05, 3.63) is 42.0 Å². The van der Waals surface area contributed by atoms with E-state index in [1.165, 1.54) is 0 Å². The van der Waals surface area contributed by atoms with Crippen molar-refractivity contribution in [1.29, 1.82) is 0 Å². The van der Waals surface area contributed by atoms with Gasteiger partial charge in [-0.15, -0.1) is 0 Å². The summed E-state index contributed by atoms with van der Waals surface area (Å²) in [5.41, 5.74) is 5.51. The van der Waals surface area contributed by atoms with Gasteiger partial charge in [-0.1, -0.05) is 0 Å². The number of pyridine rings is 1. The highest BCUT2D eigenvalue weighted by molar-refractivity contribution is 5.79. The minimum Gasteiger partial charge on any atom is -0.381 e. The smallest absolute Gasteiger partial charge is 0.229 e.